The minimum absolute atomic E-state index is 0.115. The highest BCUT2D eigenvalue weighted by Gasteiger charge is 2.12. The Balaban J connectivity index is 2.15. The minimum atomic E-state index is -1.02. The molecule has 0 radical (unpaired) electrons. The second-order valence-electron chi connectivity index (χ2n) is 5.19. The Kier molecular flexibility index (Phi) is 4.58. The third-order valence-corrected chi connectivity index (χ3v) is 3.51. The number of carboxylic acid groups (broad SMARTS) is 1. The van der Waals surface area contributed by atoms with E-state index in [-0.39, 0.29) is 12.2 Å². The number of carboxylic acids is 1. The molecule has 0 amide bonds. The van der Waals surface area contributed by atoms with Crippen molar-refractivity contribution in [2.45, 2.75) is 33.3 Å². The minimum Gasteiger partial charge on any atom is -0.485 e. The largest absolute Gasteiger partial charge is 0.485 e. The molecule has 1 aromatic carbocycles. The molecule has 0 saturated carbocycles. The van der Waals surface area contributed by atoms with Crippen LogP contribution in [-0.4, -0.2) is 11.1 Å². The molecular weight excluding hydrogens is 292 g/mol. The van der Waals surface area contributed by atoms with Crippen molar-refractivity contribution < 1.29 is 19.1 Å². The first kappa shape index (κ1) is 15.4. The van der Waals surface area contributed by atoms with Crippen molar-refractivity contribution in [1.82, 2.24) is 0 Å². The number of ether oxygens (including phenoxy) is 1. The van der Waals surface area contributed by atoms with Crippen molar-refractivity contribution in [3.05, 3.63) is 51.9 Å². The highest BCUT2D eigenvalue weighted by molar-refractivity contribution is 6.31. The van der Waals surface area contributed by atoms with Gasteiger partial charge in [-0.3, -0.25) is 0 Å². The maximum absolute atomic E-state index is 10.8. The molecule has 112 valence electrons. The van der Waals surface area contributed by atoms with E-state index in [2.05, 4.69) is 13.8 Å². The van der Waals surface area contributed by atoms with Gasteiger partial charge in [-0.25, -0.2) is 4.79 Å². The quantitative estimate of drug-likeness (QED) is 0.874. The van der Waals surface area contributed by atoms with Gasteiger partial charge in [-0.1, -0.05) is 25.4 Å². The van der Waals surface area contributed by atoms with Crippen LogP contribution in [-0.2, 0) is 6.61 Å². The number of carbonyl (C=O) groups is 1. The van der Waals surface area contributed by atoms with Crippen LogP contribution in [0.1, 0.15) is 47.0 Å². The molecule has 4 nitrogen and oxygen atoms in total. The van der Waals surface area contributed by atoms with Gasteiger partial charge in [-0.15, -0.1) is 0 Å². The number of halogens is 1. The van der Waals surface area contributed by atoms with Crippen molar-refractivity contribution in [1.29, 1.82) is 0 Å². The Hall–Kier alpha value is -1.94. The molecule has 0 unspecified atom stereocenters. The summed E-state index contributed by atoms with van der Waals surface area (Å²) < 4.78 is 10.9. The summed E-state index contributed by atoms with van der Waals surface area (Å²) in [6, 6.07) is 5.25. The number of hydrogen-bond donors (Lipinski definition) is 1. The highest BCUT2D eigenvalue weighted by atomic mass is 35.5. The Bertz CT molecular complexity index is 658. The van der Waals surface area contributed by atoms with E-state index in [1.807, 2.05) is 19.1 Å². The summed E-state index contributed by atoms with van der Waals surface area (Å²) in [7, 11) is 0. The van der Waals surface area contributed by atoms with Crippen LogP contribution >= 0.6 is 11.6 Å². The SMILES string of the molecule is Cc1cc(Cl)c(C(C)C)cc1OCc1cc(C(=O)O)co1. The molecule has 2 aromatic rings. The maximum atomic E-state index is 10.8. The molecule has 0 bridgehead atoms. The van der Waals surface area contributed by atoms with Gasteiger partial charge in [-0.2, -0.15) is 0 Å². The number of aryl methyl sites for hydroxylation is 1. The first-order valence-corrected chi connectivity index (χ1v) is 6.99. The zero-order valence-electron chi connectivity index (χ0n) is 12.1. The highest BCUT2D eigenvalue weighted by Crippen LogP contribution is 2.31. The Morgan fingerprint density at radius 1 is 1.38 bits per heavy atom. The maximum Gasteiger partial charge on any atom is 0.338 e. The van der Waals surface area contributed by atoms with Crippen LogP contribution in [0, 0.1) is 6.92 Å². The van der Waals surface area contributed by atoms with Crippen LogP contribution in [0.3, 0.4) is 0 Å². The lowest BCUT2D eigenvalue weighted by molar-refractivity contribution is 0.0696. The van der Waals surface area contributed by atoms with Crippen molar-refractivity contribution >= 4 is 17.6 Å². The summed E-state index contributed by atoms with van der Waals surface area (Å²) in [4.78, 5) is 10.8. The molecule has 2 rings (SSSR count). The molecule has 5 heteroatoms. The van der Waals surface area contributed by atoms with Crippen LogP contribution in [0.2, 0.25) is 5.02 Å². The van der Waals surface area contributed by atoms with Gasteiger partial charge in [0.25, 0.3) is 0 Å². The number of aromatic carboxylic acids is 1. The fraction of sp³-hybridized carbons (Fsp3) is 0.312. The van der Waals surface area contributed by atoms with Gasteiger partial charge in [0, 0.05) is 5.02 Å². The predicted molar refractivity (Wildman–Crippen MR) is 80.3 cm³/mol. The van der Waals surface area contributed by atoms with Crippen molar-refractivity contribution in [2.24, 2.45) is 0 Å². The molecule has 0 aliphatic carbocycles. The number of rotatable bonds is 5. The zero-order chi connectivity index (χ0) is 15.6. The van der Waals surface area contributed by atoms with Crippen LogP contribution in [0.5, 0.6) is 5.75 Å². The molecular formula is C16H17ClO4. The Morgan fingerprint density at radius 3 is 2.67 bits per heavy atom. The lowest BCUT2D eigenvalue weighted by Gasteiger charge is -2.14. The first-order valence-electron chi connectivity index (χ1n) is 6.62. The van der Waals surface area contributed by atoms with E-state index in [9.17, 15) is 4.79 Å². The standard InChI is InChI=1S/C16H17ClO4/c1-9(2)13-6-15(10(3)4-14(13)17)21-8-12-5-11(7-20-12)16(18)19/h4-7,9H,8H2,1-3H3,(H,18,19). The second kappa shape index (κ2) is 6.22. The monoisotopic (exact) mass is 308 g/mol. The first-order chi connectivity index (χ1) is 9.88. The second-order valence-corrected chi connectivity index (χ2v) is 5.60. The summed E-state index contributed by atoms with van der Waals surface area (Å²) in [6.45, 7) is 6.21. The normalized spacial score (nSPS) is 10.9. The summed E-state index contributed by atoms with van der Waals surface area (Å²) in [5.74, 6) is 0.460. The van der Waals surface area contributed by atoms with E-state index < -0.39 is 5.97 Å². The van der Waals surface area contributed by atoms with Gasteiger partial charge in [0.1, 0.15) is 24.4 Å². The smallest absolute Gasteiger partial charge is 0.338 e. The van der Waals surface area contributed by atoms with Crippen molar-refractivity contribution in [3.8, 4) is 5.75 Å². The lowest BCUT2D eigenvalue weighted by Crippen LogP contribution is -1.99. The van der Waals surface area contributed by atoms with Crippen LogP contribution in [0.15, 0.2) is 28.9 Å². The number of benzene rings is 1. The van der Waals surface area contributed by atoms with Crippen molar-refractivity contribution in [2.75, 3.05) is 0 Å². The van der Waals surface area contributed by atoms with Crippen molar-refractivity contribution in [3.63, 3.8) is 0 Å². The molecule has 0 atom stereocenters. The zero-order valence-corrected chi connectivity index (χ0v) is 12.9. The van der Waals surface area contributed by atoms with Crippen LogP contribution in [0.25, 0.3) is 0 Å². The van der Waals surface area contributed by atoms with E-state index in [1.54, 1.807) is 0 Å². The molecule has 21 heavy (non-hydrogen) atoms. The van der Waals surface area contributed by atoms with Gasteiger partial charge in [0.15, 0.2) is 0 Å². The molecule has 0 aliphatic rings. The topological polar surface area (TPSA) is 59.7 Å². The van der Waals surface area contributed by atoms with Gasteiger partial charge in [-0.05, 0) is 42.2 Å². The summed E-state index contributed by atoms with van der Waals surface area (Å²) in [5.41, 5.74) is 2.06. The van der Waals surface area contributed by atoms with E-state index in [0.29, 0.717) is 11.7 Å². The summed E-state index contributed by atoms with van der Waals surface area (Å²) in [6.07, 6.45) is 1.20. The third kappa shape index (κ3) is 3.58. The molecule has 1 aromatic heterocycles. The van der Waals surface area contributed by atoms with E-state index in [0.717, 1.165) is 21.9 Å². The van der Waals surface area contributed by atoms with E-state index in [4.69, 9.17) is 25.9 Å². The fourth-order valence-electron chi connectivity index (χ4n) is 1.98. The average Bonchev–Trinajstić information content (AvgIpc) is 2.86. The lowest BCUT2D eigenvalue weighted by atomic mass is 10.0. The molecule has 0 saturated heterocycles. The molecule has 1 heterocycles. The third-order valence-electron chi connectivity index (χ3n) is 3.19. The van der Waals surface area contributed by atoms with Gasteiger partial charge in [0.05, 0.1) is 5.56 Å². The Labute approximate surface area is 128 Å². The van der Waals surface area contributed by atoms with E-state index in [1.165, 1.54) is 12.3 Å². The van der Waals surface area contributed by atoms with Crippen LogP contribution < -0.4 is 4.74 Å². The molecule has 0 fully saturated rings. The van der Waals surface area contributed by atoms with Crippen LogP contribution in [0.4, 0.5) is 0 Å². The molecule has 0 spiro atoms. The predicted octanol–water partition coefficient (Wildman–Crippen LogP) is 4.64. The number of hydrogen-bond acceptors (Lipinski definition) is 3. The average molecular weight is 309 g/mol. The van der Waals surface area contributed by atoms with Gasteiger partial charge < -0.3 is 14.3 Å². The summed E-state index contributed by atoms with van der Waals surface area (Å²) >= 11 is 6.21. The molecule has 1 N–H and O–H groups in total. The summed E-state index contributed by atoms with van der Waals surface area (Å²) in [5, 5.41) is 9.56. The van der Waals surface area contributed by atoms with Gasteiger partial charge in [0.2, 0.25) is 0 Å². The fourth-order valence-corrected chi connectivity index (χ4v) is 2.42. The van der Waals surface area contributed by atoms with E-state index >= 15 is 0 Å². The Morgan fingerprint density at radius 2 is 2.10 bits per heavy atom. The van der Waals surface area contributed by atoms with Gasteiger partial charge >= 0.3 is 5.97 Å². The number of furan rings is 1. The molecule has 0 aliphatic heterocycles.